The van der Waals surface area contributed by atoms with Crippen molar-refractivity contribution in [3.8, 4) is 11.5 Å². The number of amides is 1. The second-order valence-electron chi connectivity index (χ2n) is 11.3. The summed E-state index contributed by atoms with van der Waals surface area (Å²) >= 11 is 0. The summed E-state index contributed by atoms with van der Waals surface area (Å²) in [6, 6.07) is 1.74. The summed E-state index contributed by atoms with van der Waals surface area (Å²) in [6.07, 6.45) is -1.82. The van der Waals surface area contributed by atoms with E-state index in [2.05, 4.69) is 10.2 Å². The number of likely N-dealkylation sites (tertiary alicyclic amines) is 1. The predicted molar refractivity (Wildman–Crippen MR) is 139 cm³/mol. The van der Waals surface area contributed by atoms with Crippen LogP contribution < -0.4 is 10.1 Å². The summed E-state index contributed by atoms with van der Waals surface area (Å²) in [7, 11) is 1.95. The van der Waals surface area contributed by atoms with Gasteiger partial charge in [-0.05, 0) is 64.4 Å². The van der Waals surface area contributed by atoms with Crippen LogP contribution in [0, 0.1) is 0 Å². The quantitative estimate of drug-likeness (QED) is 0.246. The highest BCUT2D eigenvalue weighted by Crippen LogP contribution is 2.65. The molecule has 2 aliphatic heterocycles. The molecule has 13 heteroatoms. The number of carbonyl (C=O) groups is 4. The lowest BCUT2D eigenvalue weighted by Crippen LogP contribution is -2.74. The van der Waals surface area contributed by atoms with Crippen LogP contribution in [-0.4, -0.2) is 98.7 Å². The fourth-order valence-electron chi connectivity index (χ4n) is 6.75. The number of likely N-dealkylation sites (N-methyl/N-ethyl adjacent to an activating group) is 1. The normalized spacial score (nSPS) is 29.6. The fourth-order valence-corrected chi connectivity index (χ4v) is 6.75. The van der Waals surface area contributed by atoms with Gasteiger partial charge < -0.3 is 44.9 Å². The van der Waals surface area contributed by atoms with Gasteiger partial charge in [0.15, 0.2) is 23.7 Å². The molecule has 7 atom stereocenters. The Balaban J connectivity index is 1.36. The number of aromatic hydroxyl groups is 1. The predicted octanol–water partition coefficient (Wildman–Crippen LogP) is -0.125. The number of esters is 2. The van der Waals surface area contributed by atoms with E-state index in [0.29, 0.717) is 19.4 Å². The Morgan fingerprint density at radius 3 is 2.63 bits per heavy atom. The molecule has 1 aromatic rings. The number of phenolic OH excluding ortho intramolecular Hbond substituents is 1. The number of nitrogens with zero attached hydrogens (tertiary/aromatic N) is 1. The van der Waals surface area contributed by atoms with Gasteiger partial charge in [0.05, 0.1) is 11.0 Å². The first-order valence-electron chi connectivity index (χ1n) is 13.6. The number of carboxylic acids is 1. The summed E-state index contributed by atoms with van der Waals surface area (Å²) in [5.74, 6) is -3.83. The maximum atomic E-state index is 13.1. The van der Waals surface area contributed by atoms with Crippen molar-refractivity contribution < 1.29 is 53.8 Å². The van der Waals surface area contributed by atoms with Gasteiger partial charge in [0.1, 0.15) is 17.9 Å². The minimum atomic E-state index is -1.46. The van der Waals surface area contributed by atoms with Gasteiger partial charge in [-0.3, -0.25) is 9.59 Å². The summed E-state index contributed by atoms with van der Waals surface area (Å²) in [4.78, 5) is 50.9. The Morgan fingerprint density at radius 2 is 1.95 bits per heavy atom. The Morgan fingerprint density at radius 1 is 1.22 bits per heavy atom. The molecule has 5 N–H and O–H groups in total. The molecule has 2 unspecified atom stereocenters. The first kappa shape index (κ1) is 28.8. The van der Waals surface area contributed by atoms with Gasteiger partial charge in [-0.2, -0.15) is 0 Å². The molecule has 13 nitrogen and oxygen atoms in total. The van der Waals surface area contributed by atoms with Gasteiger partial charge in [0, 0.05) is 24.4 Å². The zero-order valence-electron chi connectivity index (χ0n) is 23.0. The Hall–Kier alpha value is -3.68. The first-order chi connectivity index (χ1) is 19.3. The highest BCUT2D eigenvalue weighted by Gasteiger charge is 2.72. The van der Waals surface area contributed by atoms with Crippen LogP contribution in [0.5, 0.6) is 11.5 Å². The summed E-state index contributed by atoms with van der Waals surface area (Å²) in [5, 5.41) is 43.5. The summed E-state index contributed by atoms with van der Waals surface area (Å²) < 4.78 is 17.2. The van der Waals surface area contributed by atoms with Gasteiger partial charge in [-0.1, -0.05) is 6.07 Å². The van der Waals surface area contributed by atoms with Crippen LogP contribution in [0.1, 0.15) is 50.7 Å². The summed E-state index contributed by atoms with van der Waals surface area (Å²) in [5.41, 5.74) is -0.540. The van der Waals surface area contributed by atoms with Crippen molar-refractivity contribution in [3.63, 3.8) is 0 Å². The Labute approximate surface area is 235 Å². The minimum absolute atomic E-state index is 0.0770. The molecular formula is C28H34N2O11. The van der Waals surface area contributed by atoms with E-state index >= 15 is 0 Å². The van der Waals surface area contributed by atoms with Crippen molar-refractivity contribution in [3.05, 3.63) is 35.1 Å². The molecule has 0 radical (unpaired) electrons. The molecule has 0 saturated carbocycles. The molecule has 1 fully saturated rings. The molecule has 1 saturated heterocycles. The van der Waals surface area contributed by atoms with Gasteiger partial charge in [0.2, 0.25) is 5.91 Å². The number of aliphatic hydroxyl groups excluding tert-OH is 1. The van der Waals surface area contributed by atoms with Crippen LogP contribution in [0.2, 0.25) is 0 Å². The van der Waals surface area contributed by atoms with E-state index in [1.54, 1.807) is 12.1 Å². The lowest BCUT2D eigenvalue weighted by molar-refractivity contribution is -0.176. The molecule has 2 heterocycles. The zero-order valence-corrected chi connectivity index (χ0v) is 23.0. The maximum absolute atomic E-state index is 13.1. The molecule has 1 spiro atoms. The van der Waals surface area contributed by atoms with Crippen LogP contribution in [0.3, 0.4) is 0 Å². The average Bonchev–Trinajstić information content (AvgIpc) is 3.27. The van der Waals surface area contributed by atoms with E-state index in [0.717, 1.165) is 11.1 Å². The second kappa shape index (κ2) is 10.3. The summed E-state index contributed by atoms with van der Waals surface area (Å²) in [6.45, 7) is 3.09. The van der Waals surface area contributed by atoms with Crippen molar-refractivity contribution in [2.45, 2.75) is 87.4 Å². The number of hydrogen-bond donors (Lipinski definition) is 5. The topological polar surface area (TPSA) is 192 Å². The molecule has 1 amide bonds. The fraction of sp³-hybridized carbons (Fsp3) is 0.571. The van der Waals surface area contributed by atoms with Gasteiger partial charge >= 0.3 is 17.9 Å². The number of phenols is 1. The smallest absolute Gasteiger partial charge is 0.352 e. The SMILES string of the molecule is C[C@H](O)C(=O)N[C@@H](CCC(=O)O)C(=O)O[C@@H](C)C(=O)OC1=CC[C@@]2(O)[C@H]3Cc4ccc(O)c5c4C2(CCN3C)C1O5. The molecule has 222 valence electrons. The molecule has 2 aliphatic carbocycles. The van der Waals surface area contributed by atoms with Crippen molar-refractivity contribution in [2.75, 3.05) is 13.6 Å². The number of ether oxygens (including phenoxy) is 3. The molecule has 41 heavy (non-hydrogen) atoms. The maximum Gasteiger partial charge on any atom is 0.352 e. The highest BCUT2D eigenvalue weighted by molar-refractivity contribution is 5.88. The Bertz CT molecular complexity index is 1330. The first-order valence-corrected chi connectivity index (χ1v) is 13.6. The van der Waals surface area contributed by atoms with Crippen molar-refractivity contribution in [1.29, 1.82) is 0 Å². The number of hydrogen-bond acceptors (Lipinski definition) is 11. The van der Waals surface area contributed by atoms with E-state index in [4.69, 9.17) is 19.3 Å². The van der Waals surface area contributed by atoms with Crippen LogP contribution >= 0.6 is 0 Å². The van der Waals surface area contributed by atoms with Crippen LogP contribution in [0.4, 0.5) is 0 Å². The van der Waals surface area contributed by atoms with E-state index < -0.39 is 65.6 Å². The molecule has 4 aliphatic rings. The highest BCUT2D eigenvalue weighted by atomic mass is 16.6. The van der Waals surface area contributed by atoms with Crippen LogP contribution in [0.25, 0.3) is 0 Å². The van der Waals surface area contributed by atoms with E-state index in [9.17, 15) is 34.5 Å². The number of nitrogens with one attached hydrogen (secondary N) is 1. The van der Waals surface area contributed by atoms with Gasteiger partial charge in [0.25, 0.3) is 0 Å². The zero-order chi connectivity index (χ0) is 29.9. The number of carboxylic acid groups (broad SMARTS) is 1. The third-order valence-corrected chi connectivity index (χ3v) is 8.82. The lowest BCUT2D eigenvalue weighted by Gasteiger charge is -2.61. The number of rotatable bonds is 9. The minimum Gasteiger partial charge on any atom is -0.504 e. The average molecular weight is 575 g/mol. The number of aliphatic hydroxyl groups is 2. The standard InChI is InChI=1S/C28H34N2O11/c1-13(31)24(35)29-16(5-7-20(33)34)26(37)39-14(2)25(36)40-18-8-9-28(38)19-12-15-4-6-17(32)22-21(15)27(28,23(18)41-22)10-11-30(19)3/h4,6,8,13-14,16,19,23,31-32,38H,5,7,9-12H2,1-3H3,(H,29,35)(H,33,34)/t13-,14-,16-,19+,23?,27?,28+/m0/s1. The van der Waals surface area contributed by atoms with Crippen molar-refractivity contribution in [2.24, 2.45) is 0 Å². The molecular weight excluding hydrogens is 540 g/mol. The van der Waals surface area contributed by atoms with E-state index in [1.165, 1.54) is 13.8 Å². The van der Waals surface area contributed by atoms with Crippen LogP contribution in [0.15, 0.2) is 24.0 Å². The third-order valence-electron chi connectivity index (χ3n) is 8.82. The number of aliphatic carboxylic acids is 1. The largest absolute Gasteiger partial charge is 0.504 e. The van der Waals surface area contributed by atoms with Gasteiger partial charge in [-0.25, -0.2) is 9.59 Å². The van der Waals surface area contributed by atoms with E-state index in [-0.39, 0.29) is 36.1 Å². The molecule has 5 rings (SSSR count). The van der Waals surface area contributed by atoms with Crippen LogP contribution in [-0.2, 0) is 40.5 Å². The molecule has 0 aromatic heterocycles. The number of benzene rings is 1. The van der Waals surface area contributed by atoms with Crippen molar-refractivity contribution in [1.82, 2.24) is 10.2 Å². The number of piperidine rings is 1. The molecule has 2 bridgehead atoms. The van der Waals surface area contributed by atoms with Gasteiger partial charge in [-0.15, -0.1) is 0 Å². The van der Waals surface area contributed by atoms with Crippen molar-refractivity contribution >= 4 is 23.8 Å². The monoisotopic (exact) mass is 574 g/mol. The number of carbonyl (C=O) groups excluding carboxylic acids is 3. The second-order valence-corrected chi connectivity index (χ2v) is 11.3. The Kier molecular flexibility index (Phi) is 7.24. The van der Waals surface area contributed by atoms with E-state index in [1.807, 2.05) is 13.1 Å². The lowest BCUT2D eigenvalue weighted by atomic mass is 9.50. The molecule has 1 aromatic carbocycles. The third kappa shape index (κ3) is 4.52.